The van der Waals surface area contributed by atoms with Crippen LogP contribution in [0.2, 0.25) is 0 Å². The molecule has 0 unspecified atom stereocenters. The SMILES string of the molecule is C[C@H](C(=O)[C@@H](C)NC(=O)[C@H](Cc1ccccc1)NC(=O)[C@@H]1CCCN1C(=O)[C@@H](N)Cc1ccc(O)cc1)c1ccccc1. The highest BCUT2D eigenvalue weighted by Crippen LogP contribution is 2.21. The van der Waals surface area contributed by atoms with Crippen LogP contribution in [0.3, 0.4) is 0 Å². The van der Waals surface area contributed by atoms with E-state index < -0.39 is 41.9 Å². The van der Waals surface area contributed by atoms with Crippen LogP contribution in [0.1, 0.15) is 49.3 Å². The second-order valence-electron chi connectivity index (χ2n) is 11.2. The lowest BCUT2D eigenvalue weighted by molar-refractivity contribution is -0.140. The van der Waals surface area contributed by atoms with Crippen molar-refractivity contribution < 1.29 is 24.3 Å². The van der Waals surface area contributed by atoms with Crippen LogP contribution >= 0.6 is 0 Å². The zero-order valence-corrected chi connectivity index (χ0v) is 24.6. The Hall–Kier alpha value is -4.50. The van der Waals surface area contributed by atoms with Crippen LogP contribution in [-0.2, 0) is 32.0 Å². The van der Waals surface area contributed by atoms with Gasteiger partial charge >= 0.3 is 0 Å². The Morgan fingerprint density at radius 3 is 2.12 bits per heavy atom. The highest BCUT2D eigenvalue weighted by Gasteiger charge is 2.38. The number of aromatic hydroxyl groups is 1. The second kappa shape index (κ2) is 14.6. The van der Waals surface area contributed by atoms with Crippen molar-refractivity contribution in [3.63, 3.8) is 0 Å². The maximum atomic E-state index is 13.6. The number of likely N-dealkylation sites (tertiary alicyclic amines) is 1. The van der Waals surface area contributed by atoms with Crippen molar-refractivity contribution in [1.82, 2.24) is 15.5 Å². The number of rotatable bonds is 12. The number of carbonyl (C=O) groups excluding carboxylic acids is 4. The number of benzene rings is 3. The molecule has 0 aliphatic carbocycles. The Morgan fingerprint density at radius 1 is 0.860 bits per heavy atom. The van der Waals surface area contributed by atoms with Crippen molar-refractivity contribution in [2.75, 3.05) is 6.54 Å². The first-order valence-electron chi connectivity index (χ1n) is 14.7. The van der Waals surface area contributed by atoms with Gasteiger partial charge in [-0.3, -0.25) is 19.2 Å². The van der Waals surface area contributed by atoms with Gasteiger partial charge in [-0.25, -0.2) is 0 Å². The predicted octanol–water partition coefficient (Wildman–Crippen LogP) is 2.86. The third kappa shape index (κ3) is 8.29. The number of amides is 3. The lowest BCUT2D eigenvalue weighted by atomic mass is 9.93. The Balaban J connectivity index is 1.44. The van der Waals surface area contributed by atoms with Gasteiger partial charge in [0.05, 0.1) is 12.1 Å². The Morgan fingerprint density at radius 2 is 1.47 bits per heavy atom. The van der Waals surface area contributed by atoms with Crippen LogP contribution in [0.5, 0.6) is 5.75 Å². The van der Waals surface area contributed by atoms with Crippen LogP contribution in [0.15, 0.2) is 84.9 Å². The molecule has 0 bridgehead atoms. The van der Waals surface area contributed by atoms with Crippen molar-refractivity contribution in [3.05, 3.63) is 102 Å². The molecule has 9 nitrogen and oxygen atoms in total. The molecule has 0 aromatic heterocycles. The molecule has 1 fully saturated rings. The smallest absolute Gasteiger partial charge is 0.243 e. The normalized spacial score (nSPS) is 17.4. The number of nitrogens with one attached hydrogen (secondary N) is 2. The van der Waals surface area contributed by atoms with E-state index in [0.29, 0.717) is 19.4 Å². The summed E-state index contributed by atoms with van der Waals surface area (Å²) in [6.45, 7) is 3.84. The lowest BCUT2D eigenvalue weighted by Crippen LogP contribution is -2.57. The largest absolute Gasteiger partial charge is 0.508 e. The Bertz CT molecular complexity index is 1400. The van der Waals surface area contributed by atoms with E-state index in [1.54, 1.807) is 19.1 Å². The number of nitrogens with zero attached hydrogens (tertiary/aromatic N) is 1. The minimum atomic E-state index is -0.958. The molecular formula is C34H40N4O5. The molecule has 9 heteroatoms. The minimum absolute atomic E-state index is 0.124. The Labute approximate surface area is 252 Å². The fourth-order valence-corrected chi connectivity index (χ4v) is 5.48. The topological polar surface area (TPSA) is 142 Å². The van der Waals surface area contributed by atoms with E-state index in [-0.39, 0.29) is 30.3 Å². The second-order valence-corrected chi connectivity index (χ2v) is 11.2. The molecule has 1 aliphatic heterocycles. The fraction of sp³-hybridized carbons (Fsp3) is 0.353. The van der Waals surface area contributed by atoms with Gasteiger partial charge in [-0.2, -0.15) is 0 Å². The third-order valence-corrected chi connectivity index (χ3v) is 7.98. The fourth-order valence-electron chi connectivity index (χ4n) is 5.48. The first-order valence-corrected chi connectivity index (χ1v) is 14.7. The van der Waals surface area contributed by atoms with Crippen LogP contribution < -0.4 is 16.4 Å². The monoisotopic (exact) mass is 584 g/mol. The van der Waals surface area contributed by atoms with Gasteiger partial charge in [0.25, 0.3) is 0 Å². The molecule has 1 saturated heterocycles. The number of phenols is 1. The summed E-state index contributed by atoms with van der Waals surface area (Å²) in [5, 5.41) is 15.2. The average Bonchev–Trinajstić information content (AvgIpc) is 3.52. The van der Waals surface area contributed by atoms with Crippen molar-refractivity contribution in [2.45, 2.75) is 69.6 Å². The molecule has 0 spiro atoms. The van der Waals surface area contributed by atoms with Crippen molar-refractivity contribution in [1.29, 1.82) is 0 Å². The molecule has 226 valence electrons. The highest BCUT2D eigenvalue weighted by atomic mass is 16.3. The first-order chi connectivity index (χ1) is 20.6. The summed E-state index contributed by atoms with van der Waals surface area (Å²) in [6, 6.07) is 21.8. The van der Waals surface area contributed by atoms with E-state index in [9.17, 15) is 24.3 Å². The molecule has 1 heterocycles. The molecule has 43 heavy (non-hydrogen) atoms. The summed E-state index contributed by atoms with van der Waals surface area (Å²) in [7, 11) is 0. The van der Waals surface area contributed by atoms with Gasteiger partial charge < -0.3 is 26.4 Å². The van der Waals surface area contributed by atoms with Crippen LogP contribution in [-0.4, -0.2) is 64.2 Å². The summed E-state index contributed by atoms with van der Waals surface area (Å²) in [5.74, 6) is -1.68. The number of hydrogen-bond donors (Lipinski definition) is 4. The summed E-state index contributed by atoms with van der Waals surface area (Å²) in [5.41, 5.74) is 8.75. The maximum absolute atomic E-state index is 13.6. The highest BCUT2D eigenvalue weighted by molar-refractivity contribution is 5.96. The number of phenolic OH excluding ortho intramolecular Hbond substituents is 1. The number of ketones is 1. The van der Waals surface area contributed by atoms with E-state index in [1.165, 1.54) is 17.0 Å². The van der Waals surface area contributed by atoms with E-state index in [0.717, 1.165) is 16.7 Å². The maximum Gasteiger partial charge on any atom is 0.243 e. The number of hydrogen-bond acceptors (Lipinski definition) is 6. The zero-order valence-electron chi connectivity index (χ0n) is 24.6. The Kier molecular flexibility index (Phi) is 10.7. The molecular weight excluding hydrogens is 544 g/mol. The molecule has 3 amide bonds. The van der Waals surface area contributed by atoms with E-state index in [2.05, 4.69) is 10.6 Å². The van der Waals surface area contributed by atoms with Crippen LogP contribution in [0, 0.1) is 0 Å². The van der Waals surface area contributed by atoms with E-state index >= 15 is 0 Å². The zero-order chi connectivity index (χ0) is 30.9. The summed E-state index contributed by atoms with van der Waals surface area (Å²) >= 11 is 0. The summed E-state index contributed by atoms with van der Waals surface area (Å²) in [6.07, 6.45) is 1.56. The lowest BCUT2D eigenvalue weighted by Gasteiger charge is -2.29. The molecule has 0 saturated carbocycles. The molecule has 4 rings (SSSR count). The van der Waals surface area contributed by atoms with E-state index in [1.807, 2.05) is 67.6 Å². The average molecular weight is 585 g/mol. The molecule has 3 aromatic carbocycles. The molecule has 1 aliphatic rings. The quantitative estimate of drug-likeness (QED) is 0.258. The standard InChI is InChI=1S/C34H40N4O5/c1-22(26-12-7-4-8-13-26)31(40)23(2)36-32(41)29(21-24-10-5-3-6-11-24)37-33(42)30-14-9-19-38(30)34(43)28(35)20-25-15-17-27(39)18-16-25/h3-8,10-13,15-18,22-23,28-30,39H,9,14,19-21,35H2,1-2H3,(H,36,41)(H,37,42)/t22-,23+,28-,29-,30-/m0/s1. The molecule has 3 aromatic rings. The van der Waals surface area contributed by atoms with Crippen molar-refractivity contribution in [2.24, 2.45) is 5.73 Å². The van der Waals surface area contributed by atoms with Gasteiger partial charge in [-0.1, -0.05) is 79.7 Å². The molecule has 0 radical (unpaired) electrons. The van der Waals surface area contributed by atoms with Crippen molar-refractivity contribution >= 4 is 23.5 Å². The predicted molar refractivity (Wildman–Crippen MR) is 164 cm³/mol. The van der Waals surface area contributed by atoms with Gasteiger partial charge in [-0.05, 0) is 55.0 Å². The van der Waals surface area contributed by atoms with E-state index in [4.69, 9.17) is 5.73 Å². The van der Waals surface area contributed by atoms with Crippen molar-refractivity contribution in [3.8, 4) is 5.75 Å². The van der Waals surface area contributed by atoms with Gasteiger partial charge in [-0.15, -0.1) is 0 Å². The molecule has 5 N–H and O–H groups in total. The number of carbonyl (C=O) groups is 4. The van der Waals surface area contributed by atoms with Crippen LogP contribution in [0.25, 0.3) is 0 Å². The summed E-state index contributed by atoms with van der Waals surface area (Å²) in [4.78, 5) is 55.0. The first kappa shape index (κ1) is 31.4. The number of Topliss-reactive ketones (excluding diaryl/α,β-unsaturated/α-hetero) is 1. The minimum Gasteiger partial charge on any atom is -0.508 e. The number of nitrogens with two attached hydrogens (primary N) is 1. The summed E-state index contributed by atoms with van der Waals surface area (Å²) < 4.78 is 0. The molecule has 5 atom stereocenters. The van der Waals surface area contributed by atoms with Gasteiger partial charge in [0.1, 0.15) is 17.8 Å². The third-order valence-electron chi connectivity index (χ3n) is 7.98. The van der Waals surface area contributed by atoms with Gasteiger partial charge in [0, 0.05) is 18.9 Å². The van der Waals surface area contributed by atoms with Crippen LogP contribution in [0.4, 0.5) is 0 Å². The van der Waals surface area contributed by atoms with Gasteiger partial charge in [0.15, 0.2) is 5.78 Å². The van der Waals surface area contributed by atoms with Gasteiger partial charge in [0.2, 0.25) is 17.7 Å².